The number of aryl methyl sites for hydroxylation is 2. The molecular formula is C21H28N3O3S+. The van der Waals surface area contributed by atoms with Gasteiger partial charge in [-0.05, 0) is 38.0 Å². The molecule has 28 heavy (non-hydrogen) atoms. The highest BCUT2D eigenvalue weighted by Crippen LogP contribution is 2.17. The first-order valence-electron chi connectivity index (χ1n) is 9.49. The van der Waals surface area contributed by atoms with Gasteiger partial charge in [-0.25, -0.2) is 0 Å². The maximum absolute atomic E-state index is 12.8. The number of ether oxygens (including phenoxy) is 1. The summed E-state index contributed by atoms with van der Waals surface area (Å²) < 4.78 is 31.1. The monoisotopic (exact) mass is 402 g/mol. The fourth-order valence-electron chi connectivity index (χ4n) is 3.58. The number of hydrogen-bond acceptors (Lipinski definition) is 4. The Kier molecular flexibility index (Phi) is 6.49. The first-order chi connectivity index (χ1) is 13.4. The van der Waals surface area contributed by atoms with Crippen molar-refractivity contribution in [3.8, 4) is 0 Å². The Morgan fingerprint density at radius 3 is 2.46 bits per heavy atom. The quantitative estimate of drug-likeness (QED) is 0.570. The molecule has 1 heterocycles. The molecule has 1 aliphatic rings. The normalized spacial score (nSPS) is 17.3. The maximum Gasteiger partial charge on any atom is 0.276 e. The lowest BCUT2D eigenvalue weighted by Gasteiger charge is -2.31. The fourth-order valence-corrected chi connectivity index (χ4v) is 4.78. The molecule has 1 saturated heterocycles. The van der Waals surface area contributed by atoms with Gasteiger partial charge in [0.2, 0.25) is 0 Å². The van der Waals surface area contributed by atoms with Crippen molar-refractivity contribution in [2.45, 2.75) is 31.7 Å². The molecule has 7 heteroatoms. The standard InChI is InChI=1S/C21H27N3O3S/c1-16-9-10-17(2)20(15-16)28(25,26)23-22-18(3)21(19-7-5-4-6-8-19)24-11-13-27-14-12-24/h4-10,15,21,23H,11-14H2,1-3H3/p+1/b22-18-/t21-/m0/s1. The lowest BCUT2D eigenvalue weighted by atomic mass is 10.0. The molecule has 0 aromatic heterocycles. The molecule has 1 atom stereocenters. The minimum Gasteiger partial charge on any atom is -0.370 e. The van der Waals surface area contributed by atoms with Gasteiger partial charge in [-0.1, -0.05) is 42.5 Å². The largest absolute Gasteiger partial charge is 0.370 e. The van der Waals surface area contributed by atoms with Gasteiger partial charge in [0, 0.05) is 5.56 Å². The SMILES string of the molecule is C/C(=N/NS(=O)(=O)c1cc(C)ccc1C)[C@@H](c1ccccc1)[NH+]1CCOCC1. The zero-order valence-corrected chi connectivity index (χ0v) is 17.4. The Morgan fingerprint density at radius 2 is 1.79 bits per heavy atom. The zero-order valence-electron chi connectivity index (χ0n) is 16.6. The number of quaternary nitrogens is 1. The van der Waals surface area contributed by atoms with Gasteiger partial charge in [-0.3, -0.25) is 0 Å². The molecule has 0 bridgehead atoms. The highest BCUT2D eigenvalue weighted by atomic mass is 32.2. The number of nitrogens with zero attached hydrogens (tertiary/aromatic N) is 1. The minimum absolute atomic E-state index is 0.0218. The lowest BCUT2D eigenvalue weighted by molar-refractivity contribution is -0.928. The van der Waals surface area contributed by atoms with Gasteiger partial charge in [-0.15, -0.1) is 0 Å². The van der Waals surface area contributed by atoms with Crippen LogP contribution in [0.4, 0.5) is 0 Å². The Bertz CT molecular complexity index is 937. The first kappa shape index (κ1) is 20.5. The molecule has 0 amide bonds. The predicted octanol–water partition coefficient (Wildman–Crippen LogP) is 1.61. The van der Waals surface area contributed by atoms with Crippen LogP contribution < -0.4 is 9.73 Å². The molecule has 1 fully saturated rings. The summed E-state index contributed by atoms with van der Waals surface area (Å²) in [6, 6.07) is 15.4. The van der Waals surface area contributed by atoms with E-state index in [9.17, 15) is 8.42 Å². The van der Waals surface area contributed by atoms with Crippen molar-refractivity contribution < 1.29 is 18.1 Å². The molecule has 6 nitrogen and oxygen atoms in total. The number of hydrazone groups is 1. The Balaban J connectivity index is 1.88. The van der Waals surface area contributed by atoms with Gasteiger partial charge < -0.3 is 9.64 Å². The number of hydrogen-bond donors (Lipinski definition) is 2. The van der Waals surface area contributed by atoms with E-state index in [0.29, 0.717) is 18.8 Å². The number of nitrogens with one attached hydrogen (secondary N) is 2. The predicted molar refractivity (Wildman–Crippen MR) is 110 cm³/mol. The number of rotatable bonds is 6. The summed E-state index contributed by atoms with van der Waals surface area (Å²) in [6.45, 7) is 8.65. The van der Waals surface area contributed by atoms with E-state index in [-0.39, 0.29) is 10.9 Å². The lowest BCUT2D eigenvalue weighted by Crippen LogP contribution is -3.15. The Labute approximate surface area is 167 Å². The molecule has 0 aliphatic carbocycles. The van der Waals surface area contributed by atoms with Crippen LogP contribution in [0.1, 0.15) is 29.7 Å². The Hall–Kier alpha value is -2.22. The van der Waals surface area contributed by atoms with E-state index in [0.717, 1.165) is 29.9 Å². The molecule has 0 unspecified atom stereocenters. The first-order valence-corrected chi connectivity index (χ1v) is 11.0. The minimum atomic E-state index is -3.73. The fraction of sp³-hybridized carbons (Fsp3) is 0.381. The van der Waals surface area contributed by atoms with Crippen LogP contribution in [0.3, 0.4) is 0 Å². The van der Waals surface area contributed by atoms with E-state index in [2.05, 4.69) is 22.1 Å². The zero-order chi connectivity index (χ0) is 20.1. The highest BCUT2D eigenvalue weighted by molar-refractivity contribution is 7.89. The van der Waals surface area contributed by atoms with Crippen LogP contribution in [0.15, 0.2) is 58.5 Å². The van der Waals surface area contributed by atoms with Gasteiger partial charge in [0.05, 0.1) is 23.8 Å². The number of benzene rings is 2. The van der Waals surface area contributed by atoms with Crippen LogP contribution in [0.5, 0.6) is 0 Å². The van der Waals surface area contributed by atoms with Crippen LogP contribution in [0, 0.1) is 13.8 Å². The van der Waals surface area contributed by atoms with Gasteiger partial charge >= 0.3 is 0 Å². The summed E-state index contributed by atoms with van der Waals surface area (Å²) in [5.74, 6) is 0. The van der Waals surface area contributed by atoms with Crippen molar-refractivity contribution in [2.24, 2.45) is 5.10 Å². The third kappa shape index (κ3) is 4.79. The van der Waals surface area contributed by atoms with Crippen LogP contribution in [-0.2, 0) is 14.8 Å². The summed E-state index contributed by atoms with van der Waals surface area (Å²) in [7, 11) is -3.73. The topological polar surface area (TPSA) is 72.2 Å². The molecule has 2 aromatic rings. The van der Waals surface area contributed by atoms with E-state index in [1.54, 1.807) is 13.0 Å². The van der Waals surface area contributed by atoms with E-state index in [1.807, 2.05) is 44.2 Å². The molecule has 3 rings (SSSR count). The second kappa shape index (κ2) is 8.86. The molecule has 0 radical (unpaired) electrons. The van der Waals surface area contributed by atoms with Crippen LogP contribution in [0.25, 0.3) is 0 Å². The summed E-state index contributed by atoms with van der Waals surface area (Å²) in [5, 5.41) is 4.31. The highest BCUT2D eigenvalue weighted by Gasteiger charge is 2.29. The molecule has 2 N–H and O–H groups in total. The van der Waals surface area contributed by atoms with Crippen LogP contribution in [-0.4, -0.2) is 40.4 Å². The second-order valence-corrected chi connectivity index (χ2v) is 8.86. The average molecular weight is 403 g/mol. The van der Waals surface area contributed by atoms with E-state index < -0.39 is 10.0 Å². The van der Waals surface area contributed by atoms with Crippen molar-refractivity contribution in [3.63, 3.8) is 0 Å². The van der Waals surface area contributed by atoms with Gasteiger partial charge in [0.15, 0.2) is 6.04 Å². The van der Waals surface area contributed by atoms with Crippen LogP contribution >= 0.6 is 0 Å². The molecule has 150 valence electrons. The third-order valence-corrected chi connectivity index (χ3v) is 6.42. The van der Waals surface area contributed by atoms with Crippen molar-refractivity contribution >= 4 is 15.7 Å². The molecule has 2 aromatic carbocycles. The maximum atomic E-state index is 12.8. The third-order valence-electron chi connectivity index (χ3n) is 5.07. The summed E-state index contributed by atoms with van der Waals surface area (Å²) in [6.07, 6.45) is 0. The van der Waals surface area contributed by atoms with Gasteiger partial charge in [0.25, 0.3) is 10.0 Å². The summed E-state index contributed by atoms with van der Waals surface area (Å²) in [5.41, 5.74) is 3.44. The summed E-state index contributed by atoms with van der Waals surface area (Å²) >= 11 is 0. The second-order valence-electron chi connectivity index (χ2n) is 7.23. The van der Waals surface area contributed by atoms with Crippen molar-refractivity contribution in [2.75, 3.05) is 26.3 Å². The van der Waals surface area contributed by atoms with E-state index in [4.69, 9.17) is 4.74 Å². The smallest absolute Gasteiger partial charge is 0.276 e. The molecule has 0 spiro atoms. The van der Waals surface area contributed by atoms with Gasteiger partial charge in [-0.2, -0.15) is 18.4 Å². The van der Waals surface area contributed by atoms with Gasteiger partial charge in [0.1, 0.15) is 13.1 Å². The molecule has 0 saturated carbocycles. The van der Waals surface area contributed by atoms with E-state index in [1.165, 1.54) is 4.90 Å². The molecule has 1 aliphatic heterocycles. The summed E-state index contributed by atoms with van der Waals surface area (Å²) in [4.78, 5) is 4.03. The Morgan fingerprint density at radius 1 is 1.11 bits per heavy atom. The van der Waals surface area contributed by atoms with Crippen molar-refractivity contribution in [1.82, 2.24) is 4.83 Å². The number of morpholine rings is 1. The van der Waals surface area contributed by atoms with Crippen molar-refractivity contribution in [3.05, 3.63) is 65.2 Å². The van der Waals surface area contributed by atoms with Crippen LogP contribution in [0.2, 0.25) is 0 Å². The van der Waals surface area contributed by atoms with E-state index >= 15 is 0 Å². The number of sulfonamides is 1. The average Bonchev–Trinajstić information content (AvgIpc) is 2.70. The molecular weight excluding hydrogens is 374 g/mol. The van der Waals surface area contributed by atoms with Crippen molar-refractivity contribution in [1.29, 1.82) is 0 Å².